The Morgan fingerprint density at radius 2 is 1.90 bits per heavy atom. The lowest BCUT2D eigenvalue weighted by atomic mass is 10.1. The van der Waals surface area contributed by atoms with Gasteiger partial charge in [-0.1, -0.05) is 29.8 Å². The number of H-pyrrole nitrogens is 1. The largest absolute Gasteiger partial charge is 0.379 e. The van der Waals surface area contributed by atoms with Crippen molar-refractivity contribution in [2.45, 2.75) is 40.3 Å². The summed E-state index contributed by atoms with van der Waals surface area (Å²) in [5.74, 6) is 0. The van der Waals surface area contributed by atoms with E-state index >= 15 is 0 Å². The number of nitrogens with one attached hydrogen (secondary N) is 2. The number of benzene rings is 1. The molecule has 6 nitrogen and oxygen atoms in total. The Hall–Kier alpha value is -3.41. The lowest BCUT2D eigenvalue weighted by molar-refractivity contribution is 0.547. The molecule has 0 aliphatic carbocycles. The van der Waals surface area contributed by atoms with Crippen LogP contribution in [0.3, 0.4) is 0 Å². The summed E-state index contributed by atoms with van der Waals surface area (Å²) in [6.07, 6.45) is 1.63. The van der Waals surface area contributed by atoms with Crippen molar-refractivity contribution in [3.63, 3.8) is 0 Å². The fourth-order valence-corrected chi connectivity index (χ4v) is 3.45. The molecule has 0 unspecified atom stereocenters. The van der Waals surface area contributed by atoms with Crippen LogP contribution in [-0.2, 0) is 6.54 Å². The van der Waals surface area contributed by atoms with Crippen LogP contribution < -0.4 is 10.9 Å². The van der Waals surface area contributed by atoms with Crippen LogP contribution in [0.25, 0.3) is 22.3 Å². The fraction of sp³-hybridized carbons (Fsp3) is 0.261. The smallest absolute Gasteiger partial charge is 0.257 e. The number of hydrogen-bond donors (Lipinski definition) is 2. The zero-order valence-corrected chi connectivity index (χ0v) is 17.2. The van der Waals surface area contributed by atoms with Crippen LogP contribution in [0.1, 0.15) is 36.7 Å². The molecule has 0 saturated heterocycles. The first-order valence-electron chi connectivity index (χ1n) is 9.81. The summed E-state index contributed by atoms with van der Waals surface area (Å²) >= 11 is 0. The molecule has 0 radical (unpaired) electrons. The minimum atomic E-state index is -0.155. The summed E-state index contributed by atoms with van der Waals surface area (Å²) in [7, 11) is 0. The van der Waals surface area contributed by atoms with E-state index in [9.17, 15) is 4.79 Å². The number of fused-ring (bicyclic) bond motifs is 1. The molecule has 0 saturated carbocycles. The Morgan fingerprint density at radius 1 is 1.14 bits per heavy atom. The van der Waals surface area contributed by atoms with E-state index in [0.29, 0.717) is 17.8 Å². The van der Waals surface area contributed by atoms with Gasteiger partial charge in [0.25, 0.3) is 5.56 Å². The van der Waals surface area contributed by atoms with E-state index in [2.05, 4.69) is 55.3 Å². The minimum Gasteiger partial charge on any atom is -0.379 e. The predicted octanol–water partition coefficient (Wildman–Crippen LogP) is 4.60. The number of nitrogens with zero attached hydrogens (tertiary/aromatic N) is 3. The van der Waals surface area contributed by atoms with E-state index in [1.54, 1.807) is 12.3 Å². The fourth-order valence-electron chi connectivity index (χ4n) is 3.45. The molecular formula is C23H25N5O. The maximum atomic E-state index is 12.3. The molecule has 0 fully saturated rings. The van der Waals surface area contributed by atoms with Gasteiger partial charge < -0.3 is 10.3 Å². The standard InChI is InChI=1S/C23H25N5O/c1-14(2)28-22-20(25-13-17-9-7-15(3)8-10-17)12-19(26-21(22)16(4)27-28)18-6-5-11-24-23(18)29/h5-12,14H,13H2,1-4H3,(H,24,29)(H,25,26). The Bertz CT molecular complexity index is 1220. The number of aromatic amines is 1. The first-order valence-corrected chi connectivity index (χ1v) is 9.81. The number of pyridine rings is 2. The molecule has 4 aromatic rings. The van der Waals surface area contributed by atoms with Crippen LogP contribution in [0.5, 0.6) is 0 Å². The van der Waals surface area contributed by atoms with Crippen LogP contribution in [0.2, 0.25) is 0 Å². The van der Waals surface area contributed by atoms with Crippen molar-refractivity contribution < 1.29 is 0 Å². The van der Waals surface area contributed by atoms with Crippen molar-refractivity contribution in [3.05, 3.63) is 75.8 Å². The molecule has 0 amide bonds. The molecule has 0 bridgehead atoms. The number of hydrogen-bond acceptors (Lipinski definition) is 4. The van der Waals surface area contributed by atoms with Crippen LogP contribution in [0.4, 0.5) is 5.69 Å². The zero-order valence-electron chi connectivity index (χ0n) is 17.2. The van der Waals surface area contributed by atoms with E-state index in [1.807, 2.05) is 23.7 Å². The summed E-state index contributed by atoms with van der Waals surface area (Å²) in [4.78, 5) is 19.9. The monoisotopic (exact) mass is 387 g/mol. The maximum absolute atomic E-state index is 12.3. The number of anilines is 1. The third kappa shape index (κ3) is 3.66. The predicted molar refractivity (Wildman–Crippen MR) is 117 cm³/mol. The Kier molecular flexibility index (Phi) is 4.92. The normalized spacial score (nSPS) is 11.3. The first kappa shape index (κ1) is 18.9. The molecule has 1 aromatic carbocycles. The summed E-state index contributed by atoms with van der Waals surface area (Å²) < 4.78 is 1.99. The Labute approximate surface area is 169 Å². The van der Waals surface area contributed by atoms with Crippen molar-refractivity contribution in [2.75, 3.05) is 5.32 Å². The van der Waals surface area contributed by atoms with Gasteiger partial charge in [-0.3, -0.25) is 9.48 Å². The average molecular weight is 387 g/mol. The molecule has 29 heavy (non-hydrogen) atoms. The van der Waals surface area contributed by atoms with Gasteiger partial charge in [0.2, 0.25) is 0 Å². The van der Waals surface area contributed by atoms with E-state index in [0.717, 1.165) is 22.4 Å². The first-order chi connectivity index (χ1) is 13.9. The molecule has 0 aliphatic heterocycles. The molecule has 3 heterocycles. The lowest BCUT2D eigenvalue weighted by Crippen LogP contribution is -2.10. The maximum Gasteiger partial charge on any atom is 0.257 e. The quantitative estimate of drug-likeness (QED) is 0.525. The molecule has 0 aliphatic rings. The van der Waals surface area contributed by atoms with Gasteiger partial charge >= 0.3 is 0 Å². The number of aryl methyl sites for hydroxylation is 2. The van der Waals surface area contributed by atoms with Crippen molar-refractivity contribution in [1.29, 1.82) is 0 Å². The van der Waals surface area contributed by atoms with Gasteiger partial charge in [-0.15, -0.1) is 0 Å². The van der Waals surface area contributed by atoms with Crippen LogP contribution in [0, 0.1) is 13.8 Å². The highest BCUT2D eigenvalue weighted by molar-refractivity contribution is 5.92. The van der Waals surface area contributed by atoms with Gasteiger partial charge in [0.1, 0.15) is 11.0 Å². The van der Waals surface area contributed by atoms with Gasteiger partial charge in [-0.2, -0.15) is 5.10 Å². The molecule has 4 rings (SSSR count). The van der Waals surface area contributed by atoms with Crippen LogP contribution in [-0.4, -0.2) is 19.7 Å². The van der Waals surface area contributed by atoms with Crippen molar-refractivity contribution in [3.8, 4) is 11.3 Å². The van der Waals surface area contributed by atoms with E-state index < -0.39 is 0 Å². The van der Waals surface area contributed by atoms with Gasteiger partial charge in [0.05, 0.1) is 22.6 Å². The zero-order chi connectivity index (χ0) is 20.5. The van der Waals surface area contributed by atoms with Gasteiger partial charge in [-0.05, 0) is 51.5 Å². The summed E-state index contributed by atoms with van der Waals surface area (Å²) in [5.41, 5.74) is 6.99. The second-order valence-corrected chi connectivity index (χ2v) is 7.63. The summed E-state index contributed by atoms with van der Waals surface area (Å²) in [5, 5.41) is 8.25. The molecule has 0 spiro atoms. The SMILES string of the molecule is Cc1ccc(CNc2cc(-c3ccc[nH]c3=O)nc3c(C)nn(C(C)C)c23)cc1. The number of aromatic nitrogens is 4. The van der Waals surface area contributed by atoms with E-state index in [1.165, 1.54) is 11.1 Å². The molecule has 3 aromatic heterocycles. The highest BCUT2D eigenvalue weighted by Crippen LogP contribution is 2.31. The second-order valence-electron chi connectivity index (χ2n) is 7.63. The Morgan fingerprint density at radius 3 is 2.59 bits per heavy atom. The van der Waals surface area contributed by atoms with Gasteiger partial charge in [-0.25, -0.2) is 4.98 Å². The van der Waals surface area contributed by atoms with Crippen molar-refractivity contribution >= 4 is 16.7 Å². The third-order valence-corrected chi connectivity index (χ3v) is 5.01. The van der Waals surface area contributed by atoms with E-state index in [-0.39, 0.29) is 11.6 Å². The second kappa shape index (κ2) is 7.54. The average Bonchev–Trinajstić information content (AvgIpc) is 3.05. The van der Waals surface area contributed by atoms with Crippen molar-refractivity contribution in [1.82, 2.24) is 19.7 Å². The highest BCUT2D eigenvalue weighted by atomic mass is 16.1. The van der Waals surface area contributed by atoms with E-state index in [4.69, 9.17) is 10.1 Å². The Balaban J connectivity index is 1.86. The molecule has 6 heteroatoms. The highest BCUT2D eigenvalue weighted by Gasteiger charge is 2.18. The molecular weight excluding hydrogens is 362 g/mol. The summed E-state index contributed by atoms with van der Waals surface area (Å²) in [6, 6.07) is 14.2. The number of rotatable bonds is 5. The third-order valence-electron chi connectivity index (χ3n) is 5.01. The minimum absolute atomic E-state index is 0.155. The van der Waals surface area contributed by atoms with Crippen LogP contribution >= 0.6 is 0 Å². The summed E-state index contributed by atoms with van der Waals surface area (Å²) in [6.45, 7) is 8.91. The topological polar surface area (TPSA) is 75.6 Å². The van der Waals surface area contributed by atoms with Gasteiger partial charge in [0, 0.05) is 18.8 Å². The van der Waals surface area contributed by atoms with Crippen LogP contribution in [0.15, 0.2) is 53.5 Å². The lowest BCUT2D eigenvalue weighted by Gasteiger charge is -2.14. The molecule has 0 atom stereocenters. The molecule has 2 N–H and O–H groups in total. The van der Waals surface area contributed by atoms with Crippen molar-refractivity contribution in [2.24, 2.45) is 0 Å². The molecule has 148 valence electrons. The van der Waals surface area contributed by atoms with Gasteiger partial charge in [0.15, 0.2) is 0 Å².